The van der Waals surface area contributed by atoms with Gasteiger partial charge in [0.2, 0.25) is 0 Å². The van der Waals surface area contributed by atoms with E-state index in [0.29, 0.717) is 6.04 Å². The van der Waals surface area contributed by atoms with Crippen LogP contribution in [0.3, 0.4) is 0 Å². The summed E-state index contributed by atoms with van der Waals surface area (Å²) >= 11 is 0. The smallest absolute Gasteiger partial charge is 0.119 e. The number of aromatic hydroxyl groups is 2. The maximum atomic E-state index is 9.54. The highest BCUT2D eigenvalue weighted by Gasteiger charge is 2.15. The van der Waals surface area contributed by atoms with E-state index in [1.54, 1.807) is 12.1 Å². The Bertz CT molecular complexity index is 377. The van der Waals surface area contributed by atoms with Gasteiger partial charge in [0.1, 0.15) is 11.5 Å². The lowest BCUT2D eigenvalue weighted by Crippen LogP contribution is -2.32. The third kappa shape index (κ3) is 4.43. The lowest BCUT2D eigenvalue weighted by atomic mass is 9.95. The van der Waals surface area contributed by atoms with Crippen LogP contribution in [0.25, 0.3) is 0 Å². The summed E-state index contributed by atoms with van der Waals surface area (Å²) < 4.78 is 0. The molecule has 0 heterocycles. The molecular weight excluding hydrogens is 238 g/mol. The first-order valence-corrected chi connectivity index (χ1v) is 7.44. The minimum atomic E-state index is 0.126. The van der Waals surface area contributed by atoms with Gasteiger partial charge < -0.3 is 15.5 Å². The van der Waals surface area contributed by atoms with Crippen molar-refractivity contribution in [1.82, 2.24) is 5.32 Å². The second-order valence-electron chi connectivity index (χ2n) is 5.71. The third-order valence-electron chi connectivity index (χ3n) is 4.02. The van der Waals surface area contributed by atoms with Gasteiger partial charge in [0.25, 0.3) is 0 Å². The number of phenolic OH excluding ortho intramolecular Hbond substituents is 2. The van der Waals surface area contributed by atoms with Crippen molar-refractivity contribution in [2.24, 2.45) is 0 Å². The Morgan fingerprint density at radius 2 is 1.47 bits per heavy atom. The van der Waals surface area contributed by atoms with Gasteiger partial charge in [-0.2, -0.15) is 0 Å². The average Bonchev–Trinajstić information content (AvgIpc) is 2.31. The van der Waals surface area contributed by atoms with E-state index >= 15 is 0 Å². The summed E-state index contributed by atoms with van der Waals surface area (Å²) in [6.07, 6.45) is 9.14. The van der Waals surface area contributed by atoms with Crippen LogP contribution in [0.5, 0.6) is 11.5 Å². The molecule has 106 valence electrons. The highest BCUT2D eigenvalue weighted by Crippen LogP contribution is 2.26. The van der Waals surface area contributed by atoms with E-state index in [1.807, 2.05) is 0 Å². The van der Waals surface area contributed by atoms with Gasteiger partial charge in [0, 0.05) is 18.2 Å². The van der Waals surface area contributed by atoms with Gasteiger partial charge in [-0.3, -0.25) is 0 Å². The van der Waals surface area contributed by atoms with Crippen molar-refractivity contribution in [3.8, 4) is 11.5 Å². The molecule has 3 N–H and O–H groups in total. The second-order valence-corrected chi connectivity index (χ2v) is 5.71. The Hall–Kier alpha value is -1.22. The molecule has 0 aliphatic heterocycles. The molecule has 1 saturated carbocycles. The fourth-order valence-electron chi connectivity index (χ4n) is 2.94. The monoisotopic (exact) mass is 263 g/mol. The first kappa shape index (κ1) is 14.2. The van der Waals surface area contributed by atoms with Gasteiger partial charge in [-0.15, -0.1) is 0 Å². The van der Waals surface area contributed by atoms with Gasteiger partial charge in [-0.25, -0.2) is 0 Å². The highest BCUT2D eigenvalue weighted by atomic mass is 16.3. The molecule has 0 bridgehead atoms. The first-order chi connectivity index (χ1) is 9.15. The van der Waals surface area contributed by atoms with Crippen LogP contribution in [0.4, 0.5) is 0 Å². The molecule has 1 aliphatic rings. The van der Waals surface area contributed by atoms with Crippen molar-refractivity contribution in [1.29, 1.82) is 0 Å². The van der Waals surface area contributed by atoms with Crippen LogP contribution in [-0.4, -0.2) is 16.3 Å². The Morgan fingerprint density at radius 1 is 0.947 bits per heavy atom. The van der Waals surface area contributed by atoms with Crippen molar-refractivity contribution >= 4 is 0 Å². The minimum Gasteiger partial charge on any atom is -0.508 e. The van der Waals surface area contributed by atoms with Crippen LogP contribution in [-0.2, 0) is 0 Å². The fourth-order valence-corrected chi connectivity index (χ4v) is 2.94. The summed E-state index contributed by atoms with van der Waals surface area (Å²) in [4.78, 5) is 0. The first-order valence-electron chi connectivity index (χ1n) is 7.44. The van der Waals surface area contributed by atoms with Gasteiger partial charge in [0.15, 0.2) is 0 Å². The zero-order chi connectivity index (χ0) is 13.7. The standard InChI is InChI=1S/C16H25NO2/c1-12(13-9-15(18)11-16(19)10-13)17-14-7-5-3-2-4-6-8-14/h9-12,14,17-19H,2-8H2,1H3. The van der Waals surface area contributed by atoms with Gasteiger partial charge in [-0.05, 0) is 37.5 Å². The lowest BCUT2D eigenvalue weighted by molar-refractivity contribution is 0.361. The Labute approximate surface area is 115 Å². The van der Waals surface area contributed by atoms with Gasteiger partial charge in [0.05, 0.1) is 0 Å². The largest absolute Gasteiger partial charge is 0.508 e. The van der Waals surface area contributed by atoms with E-state index in [1.165, 1.54) is 51.0 Å². The summed E-state index contributed by atoms with van der Waals surface area (Å²) in [6.45, 7) is 2.09. The molecule has 0 spiro atoms. The maximum absolute atomic E-state index is 9.54. The van der Waals surface area contributed by atoms with E-state index in [0.717, 1.165) is 5.56 Å². The third-order valence-corrected chi connectivity index (χ3v) is 4.02. The van der Waals surface area contributed by atoms with Crippen LogP contribution in [0.1, 0.15) is 63.5 Å². The number of nitrogens with one attached hydrogen (secondary N) is 1. The Morgan fingerprint density at radius 3 is 2.05 bits per heavy atom. The summed E-state index contributed by atoms with van der Waals surface area (Å²) in [5, 5.41) is 22.7. The topological polar surface area (TPSA) is 52.5 Å². The molecule has 1 aromatic carbocycles. The van der Waals surface area contributed by atoms with Crippen LogP contribution in [0.2, 0.25) is 0 Å². The van der Waals surface area contributed by atoms with E-state index in [4.69, 9.17) is 0 Å². The number of hydrogen-bond acceptors (Lipinski definition) is 3. The molecule has 0 radical (unpaired) electrons. The van der Waals surface area contributed by atoms with E-state index in [-0.39, 0.29) is 17.5 Å². The van der Waals surface area contributed by atoms with Crippen molar-refractivity contribution in [3.63, 3.8) is 0 Å². The Kier molecular flexibility index (Phi) is 5.08. The van der Waals surface area contributed by atoms with Crippen LogP contribution >= 0.6 is 0 Å². The van der Waals surface area contributed by atoms with E-state index < -0.39 is 0 Å². The molecular formula is C16H25NO2. The van der Waals surface area contributed by atoms with Gasteiger partial charge >= 0.3 is 0 Å². The van der Waals surface area contributed by atoms with Gasteiger partial charge in [-0.1, -0.05) is 32.1 Å². The van der Waals surface area contributed by atoms with Crippen molar-refractivity contribution in [2.75, 3.05) is 0 Å². The molecule has 19 heavy (non-hydrogen) atoms. The fraction of sp³-hybridized carbons (Fsp3) is 0.625. The Balaban J connectivity index is 1.96. The molecule has 1 unspecified atom stereocenters. The molecule has 1 fully saturated rings. The average molecular weight is 263 g/mol. The number of rotatable bonds is 3. The molecule has 0 aromatic heterocycles. The zero-order valence-corrected chi connectivity index (χ0v) is 11.7. The van der Waals surface area contributed by atoms with E-state index in [2.05, 4.69) is 12.2 Å². The normalized spacial score (nSPS) is 19.6. The quantitative estimate of drug-likeness (QED) is 0.776. The van der Waals surface area contributed by atoms with Crippen molar-refractivity contribution in [2.45, 2.75) is 64.0 Å². The molecule has 3 nitrogen and oxygen atoms in total. The van der Waals surface area contributed by atoms with E-state index in [9.17, 15) is 10.2 Å². The maximum Gasteiger partial charge on any atom is 0.119 e. The number of benzene rings is 1. The van der Waals surface area contributed by atoms with Crippen molar-refractivity contribution in [3.05, 3.63) is 23.8 Å². The van der Waals surface area contributed by atoms with Crippen molar-refractivity contribution < 1.29 is 10.2 Å². The number of hydrogen-bond donors (Lipinski definition) is 3. The zero-order valence-electron chi connectivity index (χ0n) is 11.7. The number of phenols is 2. The van der Waals surface area contributed by atoms with Crippen LogP contribution < -0.4 is 5.32 Å². The van der Waals surface area contributed by atoms with Crippen LogP contribution in [0, 0.1) is 0 Å². The summed E-state index contributed by atoms with van der Waals surface area (Å²) in [5.74, 6) is 0.252. The molecule has 1 atom stereocenters. The lowest BCUT2D eigenvalue weighted by Gasteiger charge is -2.25. The predicted octanol–water partition coefficient (Wildman–Crippen LogP) is 3.86. The highest BCUT2D eigenvalue weighted by molar-refractivity contribution is 5.37. The molecule has 3 heteroatoms. The van der Waals surface area contributed by atoms with Crippen LogP contribution in [0.15, 0.2) is 18.2 Å². The predicted molar refractivity (Wildman–Crippen MR) is 77.4 cm³/mol. The summed E-state index contributed by atoms with van der Waals surface area (Å²) in [5.41, 5.74) is 0.944. The minimum absolute atomic E-state index is 0.126. The summed E-state index contributed by atoms with van der Waals surface area (Å²) in [7, 11) is 0. The molecule has 0 amide bonds. The summed E-state index contributed by atoms with van der Waals surface area (Å²) in [6, 6.07) is 5.52. The molecule has 2 rings (SSSR count). The molecule has 1 aliphatic carbocycles. The molecule has 1 aromatic rings. The SMILES string of the molecule is CC(NC1CCCCCCC1)c1cc(O)cc(O)c1. The second kappa shape index (κ2) is 6.80. The molecule has 0 saturated heterocycles.